The summed E-state index contributed by atoms with van der Waals surface area (Å²) < 4.78 is 8.93. The van der Waals surface area contributed by atoms with E-state index in [-0.39, 0.29) is 0 Å². The molecule has 2 nitrogen and oxygen atoms in total. The molecule has 0 spiro atoms. The van der Waals surface area contributed by atoms with Crippen molar-refractivity contribution in [1.29, 1.82) is 0 Å². The minimum atomic E-state index is 0.884. The molecule has 0 aliphatic heterocycles. The summed E-state index contributed by atoms with van der Waals surface area (Å²) in [5, 5.41) is 7.30. The van der Waals surface area contributed by atoms with Crippen LogP contribution in [0.5, 0.6) is 0 Å². The molecule has 3 heteroatoms. The van der Waals surface area contributed by atoms with Gasteiger partial charge in [-0.15, -0.1) is 11.3 Å². The number of benzene rings is 8. The second-order valence-corrected chi connectivity index (χ2v) is 13.6. The molecule has 0 saturated carbocycles. The van der Waals surface area contributed by atoms with Crippen LogP contribution < -0.4 is 4.90 Å². The molecule has 10 rings (SSSR count). The first-order valence-electron chi connectivity index (χ1n) is 16.6. The van der Waals surface area contributed by atoms with Crippen molar-refractivity contribution in [3.05, 3.63) is 176 Å². The van der Waals surface area contributed by atoms with Gasteiger partial charge in [-0.05, 0) is 87.6 Å². The molecule has 0 radical (unpaired) electrons. The van der Waals surface area contributed by atoms with Crippen molar-refractivity contribution in [2.24, 2.45) is 0 Å². The zero-order valence-electron chi connectivity index (χ0n) is 26.5. The van der Waals surface area contributed by atoms with Gasteiger partial charge in [0.25, 0.3) is 0 Å². The number of hydrogen-bond donors (Lipinski definition) is 0. The highest BCUT2D eigenvalue weighted by atomic mass is 32.1. The van der Waals surface area contributed by atoms with E-state index in [2.05, 4.69) is 169 Å². The van der Waals surface area contributed by atoms with Crippen molar-refractivity contribution in [2.75, 3.05) is 4.90 Å². The maximum atomic E-state index is 6.38. The van der Waals surface area contributed by atoms with Crippen molar-refractivity contribution < 1.29 is 4.42 Å². The van der Waals surface area contributed by atoms with Crippen LogP contribution in [0.3, 0.4) is 0 Å². The van der Waals surface area contributed by atoms with Crippen LogP contribution in [-0.2, 0) is 0 Å². The minimum absolute atomic E-state index is 0.884. The van der Waals surface area contributed by atoms with Gasteiger partial charge in [-0.1, -0.05) is 115 Å². The average molecular weight is 644 g/mol. The highest BCUT2D eigenvalue weighted by molar-refractivity contribution is 7.26. The van der Waals surface area contributed by atoms with E-state index in [1.165, 1.54) is 53.2 Å². The average Bonchev–Trinajstić information content (AvgIpc) is 3.74. The summed E-state index contributed by atoms with van der Waals surface area (Å²) in [6, 6.07) is 63.3. The van der Waals surface area contributed by atoms with Crippen LogP contribution in [0.2, 0.25) is 0 Å². The van der Waals surface area contributed by atoms with E-state index in [0.717, 1.165) is 39.0 Å². The molecule has 0 N–H and O–H groups in total. The Labute approximate surface area is 287 Å². The fraction of sp³-hybridized carbons (Fsp3) is 0. The van der Waals surface area contributed by atoms with Crippen LogP contribution in [-0.4, -0.2) is 0 Å². The number of anilines is 3. The van der Waals surface area contributed by atoms with Crippen LogP contribution in [0.15, 0.2) is 180 Å². The Morgan fingerprint density at radius 2 is 1.02 bits per heavy atom. The van der Waals surface area contributed by atoms with Gasteiger partial charge in [0.05, 0.1) is 10.4 Å². The highest BCUT2D eigenvalue weighted by Crippen LogP contribution is 2.46. The van der Waals surface area contributed by atoms with Crippen LogP contribution >= 0.6 is 11.3 Å². The van der Waals surface area contributed by atoms with Gasteiger partial charge in [-0.2, -0.15) is 0 Å². The first-order valence-corrected chi connectivity index (χ1v) is 17.4. The second-order valence-electron chi connectivity index (χ2n) is 12.6. The molecule has 0 unspecified atom stereocenters. The summed E-state index contributed by atoms with van der Waals surface area (Å²) in [6.07, 6.45) is 0. The first-order chi connectivity index (χ1) is 24.3. The Morgan fingerprint density at radius 1 is 0.388 bits per heavy atom. The smallest absolute Gasteiger partial charge is 0.137 e. The molecule has 0 aliphatic rings. The van der Waals surface area contributed by atoms with E-state index >= 15 is 0 Å². The molecular formula is C46H29NOS. The summed E-state index contributed by atoms with van der Waals surface area (Å²) >= 11 is 1.85. The summed E-state index contributed by atoms with van der Waals surface area (Å²) in [5.41, 5.74) is 9.94. The van der Waals surface area contributed by atoms with Gasteiger partial charge in [-0.25, -0.2) is 0 Å². The van der Waals surface area contributed by atoms with Crippen LogP contribution in [0.25, 0.3) is 75.1 Å². The van der Waals surface area contributed by atoms with E-state index in [9.17, 15) is 0 Å². The Bertz CT molecular complexity index is 2830. The lowest BCUT2D eigenvalue weighted by Crippen LogP contribution is -2.10. The maximum Gasteiger partial charge on any atom is 0.137 e. The quantitative estimate of drug-likeness (QED) is 0.186. The Kier molecular flexibility index (Phi) is 6.39. The van der Waals surface area contributed by atoms with Gasteiger partial charge in [0.15, 0.2) is 0 Å². The lowest BCUT2D eigenvalue weighted by atomic mass is 9.97. The van der Waals surface area contributed by atoms with Gasteiger partial charge in [0.1, 0.15) is 11.2 Å². The van der Waals surface area contributed by atoms with Gasteiger partial charge in [-0.3, -0.25) is 0 Å². The Morgan fingerprint density at radius 3 is 1.84 bits per heavy atom. The van der Waals surface area contributed by atoms with Crippen LogP contribution in [0.1, 0.15) is 0 Å². The number of hydrogen-bond acceptors (Lipinski definition) is 3. The molecule has 10 aromatic rings. The zero-order valence-corrected chi connectivity index (χ0v) is 27.3. The first kappa shape index (κ1) is 27.9. The molecule has 230 valence electrons. The summed E-state index contributed by atoms with van der Waals surface area (Å²) in [4.78, 5) is 2.38. The van der Waals surface area contributed by atoms with Gasteiger partial charge in [0, 0.05) is 43.7 Å². The maximum absolute atomic E-state index is 6.38. The SMILES string of the molecule is c1ccc(-c2ccc3ccc(-c4ccc(N(c5ccc6c(c5)oc5ccccc56)c5cccc6c5sc5ccccc56)cc4)cc3c2)cc1. The fourth-order valence-corrected chi connectivity index (χ4v) is 8.44. The van der Waals surface area contributed by atoms with Crippen molar-refractivity contribution in [3.63, 3.8) is 0 Å². The van der Waals surface area contributed by atoms with Crippen LogP contribution in [0.4, 0.5) is 17.1 Å². The number of nitrogens with zero attached hydrogens (tertiary/aromatic N) is 1. The molecule has 0 amide bonds. The van der Waals surface area contributed by atoms with E-state index in [4.69, 9.17) is 4.42 Å². The lowest BCUT2D eigenvalue weighted by molar-refractivity contribution is 0.669. The molecule has 2 aromatic heterocycles. The Hall–Kier alpha value is -6.16. The predicted octanol–water partition coefficient (Wildman–Crippen LogP) is 13.9. The van der Waals surface area contributed by atoms with Crippen molar-refractivity contribution in [1.82, 2.24) is 0 Å². The topological polar surface area (TPSA) is 16.4 Å². The molecule has 0 bridgehead atoms. The number of fused-ring (bicyclic) bond motifs is 7. The van der Waals surface area contributed by atoms with E-state index < -0.39 is 0 Å². The molecule has 2 heterocycles. The molecule has 49 heavy (non-hydrogen) atoms. The molecule has 0 saturated heterocycles. The largest absolute Gasteiger partial charge is 0.456 e. The van der Waals surface area contributed by atoms with Crippen molar-refractivity contribution in [3.8, 4) is 22.3 Å². The fourth-order valence-electron chi connectivity index (χ4n) is 7.23. The monoisotopic (exact) mass is 643 g/mol. The van der Waals surface area contributed by atoms with Crippen molar-refractivity contribution in [2.45, 2.75) is 0 Å². The number of rotatable bonds is 5. The summed E-state index contributed by atoms with van der Waals surface area (Å²) in [7, 11) is 0. The standard InChI is InChI=1S/C46H29NOS/c1-2-9-30(10-3-1)33-19-17-32-18-20-34(28-35(32)27-33)31-21-23-36(24-22-31)47(37-25-26-39-38-11-4-6-15-43(38)48-44(39)29-37)42-14-8-13-41-40-12-5-7-16-45(40)49-46(41)42/h1-29H. The van der Waals surface area contributed by atoms with E-state index in [0.29, 0.717) is 0 Å². The van der Waals surface area contributed by atoms with Gasteiger partial charge >= 0.3 is 0 Å². The molecule has 0 atom stereocenters. The number of thiophene rings is 1. The highest BCUT2D eigenvalue weighted by Gasteiger charge is 2.19. The third kappa shape index (κ3) is 4.70. The summed E-state index contributed by atoms with van der Waals surface area (Å²) in [5.74, 6) is 0. The van der Waals surface area contributed by atoms with E-state index in [1.807, 2.05) is 23.5 Å². The van der Waals surface area contributed by atoms with Crippen molar-refractivity contribution >= 4 is 81.3 Å². The Balaban J connectivity index is 1.11. The minimum Gasteiger partial charge on any atom is -0.456 e. The number of para-hydroxylation sites is 1. The molecule has 0 fully saturated rings. The van der Waals surface area contributed by atoms with Gasteiger partial charge < -0.3 is 9.32 Å². The van der Waals surface area contributed by atoms with Crippen LogP contribution in [0, 0.1) is 0 Å². The molecular weight excluding hydrogens is 615 g/mol. The predicted molar refractivity (Wildman–Crippen MR) is 210 cm³/mol. The summed E-state index contributed by atoms with van der Waals surface area (Å²) in [6.45, 7) is 0. The number of furan rings is 1. The third-order valence-electron chi connectivity index (χ3n) is 9.65. The molecule has 0 aliphatic carbocycles. The van der Waals surface area contributed by atoms with Gasteiger partial charge in [0.2, 0.25) is 0 Å². The molecule has 8 aromatic carbocycles. The second kappa shape index (κ2) is 11.2. The zero-order chi connectivity index (χ0) is 32.3. The lowest BCUT2D eigenvalue weighted by Gasteiger charge is -2.26. The third-order valence-corrected chi connectivity index (χ3v) is 10.9. The van der Waals surface area contributed by atoms with E-state index in [1.54, 1.807) is 0 Å². The normalized spacial score (nSPS) is 11.7.